The van der Waals surface area contributed by atoms with Crippen molar-refractivity contribution < 1.29 is 43.7 Å². The van der Waals surface area contributed by atoms with E-state index in [0.29, 0.717) is 5.69 Å². The Bertz CT molecular complexity index is 772. The summed E-state index contributed by atoms with van der Waals surface area (Å²) >= 11 is 0. The number of H-pyrrole nitrogens is 1. The van der Waals surface area contributed by atoms with E-state index in [1.165, 1.54) is 13.4 Å². The van der Waals surface area contributed by atoms with Crippen LogP contribution in [0.15, 0.2) is 12.5 Å². The van der Waals surface area contributed by atoms with Gasteiger partial charge in [-0.2, -0.15) is 0 Å². The number of rotatable bonds is 16. The van der Waals surface area contributed by atoms with Crippen molar-refractivity contribution >= 4 is 17.8 Å². The Morgan fingerprint density at radius 1 is 1.19 bits per heavy atom. The van der Waals surface area contributed by atoms with Gasteiger partial charge in [-0.25, -0.2) is 9.78 Å². The van der Waals surface area contributed by atoms with Crippen molar-refractivity contribution in [2.24, 2.45) is 0 Å². The topological polar surface area (TPSA) is 227 Å². The number of nitrogens with one attached hydrogen (secondary N) is 3. The van der Waals surface area contributed by atoms with Gasteiger partial charge in [0.2, 0.25) is 11.8 Å². The van der Waals surface area contributed by atoms with Crippen LogP contribution in [0.2, 0.25) is 0 Å². The maximum absolute atomic E-state index is 12.0. The molecule has 3 N–H and O–H groups in total. The summed E-state index contributed by atoms with van der Waals surface area (Å²) < 4.78 is 9.55. The molecule has 0 radical (unpaired) electrons. The van der Waals surface area contributed by atoms with E-state index in [1.54, 1.807) is 6.20 Å². The van der Waals surface area contributed by atoms with Crippen LogP contribution in [0.3, 0.4) is 0 Å². The molecule has 1 rings (SSSR count). The van der Waals surface area contributed by atoms with E-state index < -0.39 is 59.9 Å². The van der Waals surface area contributed by atoms with Crippen LogP contribution in [-0.2, 0) is 40.0 Å². The molecule has 2 atom stereocenters. The molecule has 0 aliphatic rings. The highest BCUT2D eigenvalue weighted by Gasteiger charge is 2.23. The van der Waals surface area contributed by atoms with Crippen LogP contribution in [0, 0.1) is 20.2 Å². The average molecular weight is 462 g/mol. The highest BCUT2D eigenvalue weighted by Crippen LogP contribution is 2.01. The molecule has 0 aliphatic heterocycles. The van der Waals surface area contributed by atoms with Crippen LogP contribution in [-0.4, -0.2) is 83.5 Å². The van der Waals surface area contributed by atoms with E-state index in [0.717, 1.165) is 0 Å². The average Bonchev–Trinajstić information content (AvgIpc) is 3.23. The predicted molar refractivity (Wildman–Crippen MR) is 99.5 cm³/mol. The summed E-state index contributed by atoms with van der Waals surface area (Å²) in [5.41, 5.74) is 0.536. The number of carbonyl (C=O) groups excluding carboxylic acids is 3. The van der Waals surface area contributed by atoms with Gasteiger partial charge in [0, 0.05) is 25.6 Å². The second-order valence-corrected chi connectivity index (χ2v) is 5.99. The monoisotopic (exact) mass is 462 g/mol. The quantitative estimate of drug-likeness (QED) is 0.137. The molecule has 2 amide bonds. The van der Waals surface area contributed by atoms with Crippen LogP contribution in [0.4, 0.5) is 0 Å². The summed E-state index contributed by atoms with van der Waals surface area (Å²) in [4.78, 5) is 70.8. The first-order valence-corrected chi connectivity index (χ1v) is 8.99. The molecule has 32 heavy (non-hydrogen) atoms. The van der Waals surface area contributed by atoms with Gasteiger partial charge in [-0.15, -0.1) is 20.2 Å². The summed E-state index contributed by atoms with van der Waals surface area (Å²) in [5, 5.41) is 23.0. The Morgan fingerprint density at radius 3 is 2.53 bits per heavy atom. The second-order valence-electron chi connectivity index (χ2n) is 5.99. The third-order valence-electron chi connectivity index (χ3n) is 3.60. The summed E-state index contributed by atoms with van der Waals surface area (Å²) in [6.45, 7) is -1.95. The van der Waals surface area contributed by atoms with Crippen molar-refractivity contribution in [3.8, 4) is 0 Å². The number of aromatic amines is 1. The fraction of sp³-hybridized carbons (Fsp3) is 0.600. The van der Waals surface area contributed by atoms with Crippen LogP contribution in [0.1, 0.15) is 12.1 Å². The fourth-order valence-corrected chi connectivity index (χ4v) is 2.24. The minimum Gasteiger partial charge on any atom is -0.467 e. The molecule has 0 spiro atoms. The van der Waals surface area contributed by atoms with Gasteiger partial charge in [-0.05, 0) is 0 Å². The van der Waals surface area contributed by atoms with Crippen molar-refractivity contribution in [2.45, 2.75) is 25.0 Å². The minimum atomic E-state index is -1.42. The smallest absolute Gasteiger partial charge is 0.328 e. The van der Waals surface area contributed by atoms with E-state index in [4.69, 9.17) is 4.74 Å². The zero-order valence-electron chi connectivity index (χ0n) is 16.9. The number of imidazole rings is 1. The SMILES string of the molecule is COC(=O)[C@H](Cc1c[nH]cn1)NC(=O)CCNC(=O)COC[C@@H](CO[N+](=O)[O-])O[N+](=O)[O-]. The van der Waals surface area contributed by atoms with Crippen LogP contribution in [0.5, 0.6) is 0 Å². The molecule has 178 valence electrons. The summed E-state index contributed by atoms with van der Waals surface area (Å²) in [5.74, 6) is -1.85. The molecule has 0 aromatic carbocycles. The number of hydrogen-bond acceptors (Lipinski definition) is 12. The zero-order chi connectivity index (χ0) is 23.9. The molecule has 0 bridgehead atoms. The minimum absolute atomic E-state index is 0.0937. The first-order chi connectivity index (χ1) is 15.2. The molecule has 0 unspecified atom stereocenters. The van der Waals surface area contributed by atoms with Crippen molar-refractivity contribution in [1.82, 2.24) is 20.6 Å². The normalized spacial score (nSPS) is 12.2. The number of amides is 2. The van der Waals surface area contributed by atoms with Gasteiger partial charge >= 0.3 is 5.97 Å². The molecule has 17 heteroatoms. The lowest BCUT2D eigenvalue weighted by atomic mass is 10.1. The largest absolute Gasteiger partial charge is 0.467 e. The molecule has 0 saturated carbocycles. The van der Waals surface area contributed by atoms with E-state index in [1.807, 2.05) is 0 Å². The molecule has 1 aromatic heterocycles. The number of esters is 1. The molecular formula is C15H22N6O11. The predicted octanol–water partition coefficient (Wildman–Crippen LogP) is -2.08. The van der Waals surface area contributed by atoms with Gasteiger partial charge < -0.3 is 34.8 Å². The Hall–Kier alpha value is -4.02. The van der Waals surface area contributed by atoms with E-state index in [9.17, 15) is 34.6 Å². The van der Waals surface area contributed by atoms with Gasteiger partial charge in [-0.3, -0.25) is 9.59 Å². The molecule has 0 saturated heterocycles. The number of carbonyl (C=O) groups is 3. The van der Waals surface area contributed by atoms with Crippen molar-refractivity contribution in [2.75, 3.05) is 33.5 Å². The molecule has 1 aromatic rings. The fourth-order valence-electron chi connectivity index (χ4n) is 2.24. The summed E-state index contributed by atoms with van der Waals surface area (Å²) in [6.07, 6.45) is 1.51. The number of hydrogen-bond donors (Lipinski definition) is 3. The lowest BCUT2D eigenvalue weighted by Gasteiger charge is -2.16. The Morgan fingerprint density at radius 2 is 1.94 bits per heavy atom. The van der Waals surface area contributed by atoms with Gasteiger partial charge in [-0.1, -0.05) is 0 Å². The van der Waals surface area contributed by atoms with Crippen LogP contribution < -0.4 is 10.6 Å². The van der Waals surface area contributed by atoms with E-state index in [2.05, 4.69) is 35.0 Å². The highest BCUT2D eigenvalue weighted by atomic mass is 17.0. The third-order valence-corrected chi connectivity index (χ3v) is 3.60. The number of methoxy groups -OCH3 is 1. The molecule has 17 nitrogen and oxygen atoms in total. The zero-order valence-corrected chi connectivity index (χ0v) is 16.9. The Labute approximate surface area is 179 Å². The van der Waals surface area contributed by atoms with E-state index in [-0.39, 0.29) is 19.4 Å². The van der Waals surface area contributed by atoms with Gasteiger partial charge in [0.05, 0.1) is 25.7 Å². The lowest BCUT2D eigenvalue weighted by Crippen LogP contribution is -2.44. The molecule has 0 fully saturated rings. The lowest BCUT2D eigenvalue weighted by molar-refractivity contribution is -0.790. The van der Waals surface area contributed by atoms with Gasteiger partial charge in [0.25, 0.3) is 10.2 Å². The van der Waals surface area contributed by atoms with Crippen molar-refractivity contribution in [1.29, 1.82) is 0 Å². The van der Waals surface area contributed by atoms with Crippen LogP contribution >= 0.6 is 0 Å². The van der Waals surface area contributed by atoms with Crippen molar-refractivity contribution in [3.63, 3.8) is 0 Å². The Kier molecular flexibility index (Phi) is 11.4. The molecular weight excluding hydrogens is 440 g/mol. The Balaban J connectivity index is 2.32. The van der Waals surface area contributed by atoms with E-state index >= 15 is 0 Å². The van der Waals surface area contributed by atoms with Crippen molar-refractivity contribution in [3.05, 3.63) is 38.4 Å². The van der Waals surface area contributed by atoms with Gasteiger partial charge in [0.15, 0.2) is 6.10 Å². The maximum Gasteiger partial charge on any atom is 0.328 e. The third kappa shape index (κ3) is 11.2. The first kappa shape index (κ1) is 26.0. The number of ether oxygens (including phenoxy) is 2. The summed E-state index contributed by atoms with van der Waals surface area (Å²) in [6, 6.07) is -0.963. The maximum atomic E-state index is 12.0. The van der Waals surface area contributed by atoms with Gasteiger partial charge in [0.1, 0.15) is 19.3 Å². The summed E-state index contributed by atoms with van der Waals surface area (Å²) in [7, 11) is 1.18. The number of nitrogens with zero attached hydrogens (tertiary/aromatic N) is 3. The first-order valence-electron chi connectivity index (χ1n) is 8.99. The highest BCUT2D eigenvalue weighted by molar-refractivity contribution is 5.85. The standard InChI is InChI=1S/C15H22N6O11/c1-29-15(24)12(4-10-5-16-9-18-10)19-13(22)2-3-17-14(23)8-30-6-11(32-21(27)28)7-31-20(25)26/h5,9,11-12H,2-4,6-8H2,1H3,(H,16,18)(H,17,23)(H,19,22)/t11-,12-/m0/s1. The second kappa shape index (κ2) is 14.1. The van der Waals surface area contributed by atoms with Crippen LogP contribution in [0.25, 0.3) is 0 Å². The number of aromatic nitrogens is 2. The molecule has 0 aliphatic carbocycles. The molecule has 1 heterocycles.